The van der Waals surface area contributed by atoms with E-state index in [-0.39, 0.29) is 5.82 Å². The summed E-state index contributed by atoms with van der Waals surface area (Å²) in [5, 5.41) is 14.2. The third-order valence-electron chi connectivity index (χ3n) is 5.34. The Bertz CT molecular complexity index is 1050. The van der Waals surface area contributed by atoms with Crippen LogP contribution in [0.1, 0.15) is 30.2 Å². The number of hydrogen-bond acceptors (Lipinski definition) is 5. The minimum absolute atomic E-state index is 0.346. The van der Waals surface area contributed by atoms with Gasteiger partial charge in [-0.3, -0.25) is 10.2 Å². The first-order chi connectivity index (χ1) is 14.0. The van der Waals surface area contributed by atoms with E-state index in [0.29, 0.717) is 29.0 Å². The first-order valence-corrected chi connectivity index (χ1v) is 9.59. The number of aryl methyl sites for hydroxylation is 1. The lowest BCUT2D eigenvalue weighted by Gasteiger charge is -2.21. The number of benzene rings is 2. The summed E-state index contributed by atoms with van der Waals surface area (Å²) in [4.78, 5) is 13.9. The van der Waals surface area contributed by atoms with E-state index < -0.39 is 12.3 Å². The van der Waals surface area contributed by atoms with Crippen molar-refractivity contribution in [1.82, 2.24) is 5.32 Å². The Morgan fingerprint density at radius 1 is 1.28 bits per heavy atom. The molecule has 1 aromatic heterocycles. The SMILES string of the molecule is CNC(O)c1c(-c2ccc(F)cc2)oc2cc3c(cc12)CCCCN3C(=O)OC. The molecule has 1 atom stereocenters. The third-order valence-corrected chi connectivity index (χ3v) is 5.34. The van der Waals surface area contributed by atoms with Gasteiger partial charge < -0.3 is 14.3 Å². The van der Waals surface area contributed by atoms with Gasteiger partial charge >= 0.3 is 6.09 Å². The molecule has 29 heavy (non-hydrogen) atoms. The van der Waals surface area contributed by atoms with Crippen LogP contribution in [-0.2, 0) is 11.2 Å². The van der Waals surface area contributed by atoms with Gasteiger partial charge in [-0.15, -0.1) is 0 Å². The molecule has 0 fully saturated rings. The number of halogens is 1. The van der Waals surface area contributed by atoms with E-state index in [9.17, 15) is 14.3 Å². The topological polar surface area (TPSA) is 74.9 Å². The van der Waals surface area contributed by atoms with Gasteiger partial charge in [0.2, 0.25) is 0 Å². The van der Waals surface area contributed by atoms with Crippen LogP contribution in [0.15, 0.2) is 40.8 Å². The Morgan fingerprint density at radius 3 is 2.72 bits per heavy atom. The fourth-order valence-electron chi connectivity index (χ4n) is 3.88. The Morgan fingerprint density at radius 2 is 2.03 bits per heavy atom. The molecule has 1 amide bonds. The van der Waals surface area contributed by atoms with Crippen molar-refractivity contribution in [2.24, 2.45) is 0 Å². The summed E-state index contributed by atoms with van der Waals surface area (Å²) in [5.41, 5.74) is 3.55. The predicted molar refractivity (Wildman–Crippen MR) is 108 cm³/mol. The first kappa shape index (κ1) is 19.4. The van der Waals surface area contributed by atoms with Crippen LogP contribution in [0, 0.1) is 5.82 Å². The molecule has 1 aliphatic rings. The van der Waals surface area contributed by atoms with Crippen LogP contribution in [0.3, 0.4) is 0 Å². The minimum Gasteiger partial charge on any atom is -0.456 e. The third kappa shape index (κ3) is 3.47. The van der Waals surface area contributed by atoms with E-state index >= 15 is 0 Å². The number of aliphatic hydroxyl groups excluding tert-OH is 1. The summed E-state index contributed by atoms with van der Waals surface area (Å²) in [6.45, 7) is 0.572. The molecule has 0 radical (unpaired) electrons. The smallest absolute Gasteiger partial charge is 0.414 e. The highest BCUT2D eigenvalue weighted by Gasteiger charge is 2.27. The quantitative estimate of drug-likeness (QED) is 0.642. The fourth-order valence-corrected chi connectivity index (χ4v) is 3.88. The van der Waals surface area contributed by atoms with E-state index in [0.717, 1.165) is 35.9 Å². The van der Waals surface area contributed by atoms with Gasteiger partial charge in [-0.05, 0) is 62.2 Å². The summed E-state index contributed by atoms with van der Waals surface area (Å²) in [6, 6.07) is 9.73. The largest absolute Gasteiger partial charge is 0.456 e. The number of amides is 1. The highest BCUT2D eigenvalue weighted by atomic mass is 19.1. The van der Waals surface area contributed by atoms with Crippen molar-refractivity contribution in [1.29, 1.82) is 0 Å². The van der Waals surface area contributed by atoms with E-state index in [1.54, 1.807) is 24.1 Å². The number of carbonyl (C=O) groups excluding carboxylic acids is 1. The molecule has 0 bridgehead atoms. The summed E-state index contributed by atoms with van der Waals surface area (Å²) in [7, 11) is 3.02. The second-order valence-electron chi connectivity index (χ2n) is 7.10. The van der Waals surface area contributed by atoms with Gasteiger partial charge in [0, 0.05) is 29.1 Å². The van der Waals surface area contributed by atoms with E-state index in [4.69, 9.17) is 9.15 Å². The van der Waals surface area contributed by atoms with Gasteiger partial charge in [0.15, 0.2) is 0 Å². The zero-order chi connectivity index (χ0) is 20.5. The normalized spacial score (nSPS) is 15.1. The second-order valence-corrected chi connectivity index (χ2v) is 7.10. The molecule has 1 unspecified atom stereocenters. The second kappa shape index (κ2) is 7.85. The summed E-state index contributed by atoms with van der Waals surface area (Å²) < 4.78 is 24.5. The number of nitrogens with zero attached hydrogens (tertiary/aromatic N) is 1. The number of rotatable bonds is 3. The van der Waals surface area contributed by atoms with Crippen molar-refractivity contribution in [3.8, 4) is 11.3 Å². The number of fused-ring (bicyclic) bond motifs is 2. The van der Waals surface area contributed by atoms with Gasteiger partial charge in [-0.1, -0.05) is 0 Å². The Kier molecular flexibility index (Phi) is 5.25. The average molecular weight is 398 g/mol. The Balaban J connectivity index is 1.94. The molecule has 0 spiro atoms. The highest BCUT2D eigenvalue weighted by molar-refractivity contribution is 5.96. The van der Waals surface area contributed by atoms with Gasteiger partial charge in [0.05, 0.1) is 12.8 Å². The van der Waals surface area contributed by atoms with Crippen LogP contribution in [0.2, 0.25) is 0 Å². The minimum atomic E-state index is -0.961. The monoisotopic (exact) mass is 398 g/mol. The number of aliphatic hydroxyl groups is 1. The molecule has 3 aromatic rings. The molecular formula is C22H23FN2O4. The number of carbonyl (C=O) groups is 1. The van der Waals surface area contributed by atoms with Crippen LogP contribution in [-0.4, -0.2) is 31.9 Å². The van der Waals surface area contributed by atoms with E-state index in [2.05, 4.69) is 5.32 Å². The molecule has 0 saturated carbocycles. The van der Waals surface area contributed by atoms with Gasteiger partial charge in [-0.25, -0.2) is 9.18 Å². The van der Waals surface area contributed by atoms with Gasteiger partial charge in [0.25, 0.3) is 0 Å². The summed E-state index contributed by atoms with van der Waals surface area (Å²) in [6.07, 6.45) is 1.26. The number of ether oxygens (including phenoxy) is 1. The molecule has 152 valence electrons. The number of anilines is 1. The molecule has 0 saturated heterocycles. The van der Waals surface area contributed by atoms with Crippen LogP contribution in [0.4, 0.5) is 14.9 Å². The van der Waals surface area contributed by atoms with Crippen molar-refractivity contribution in [2.45, 2.75) is 25.5 Å². The first-order valence-electron chi connectivity index (χ1n) is 9.59. The predicted octanol–water partition coefficient (Wildman–Crippen LogP) is 4.36. The lowest BCUT2D eigenvalue weighted by Crippen LogP contribution is -2.31. The molecule has 7 heteroatoms. The van der Waals surface area contributed by atoms with Crippen LogP contribution < -0.4 is 10.2 Å². The summed E-state index contributed by atoms with van der Waals surface area (Å²) >= 11 is 0. The molecule has 0 aliphatic carbocycles. The molecule has 2 N–H and O–H groups in total. The van der Waals surface area contributed by atoms with E-state index in [1.165, 1.54) is 19.2 Å². The number of methoxy groups -OCH3 is 1. The van der Waals surface area contributed by atoms with Gasteiger partial charge in [-0.2, -0.15) is 0 Å². The number of furan rings is 1. The zero-order valence-electron chi connectivity index (χ0n) is 16.4. The van der Waals surface area contributed by atoms with Crippen molar-refractivity contribution in [3.63, 3.8) is 0 Å². The van der Waals surface area contributed by atoms with Crippen molar-refractivity contribution >= 4 is 22.7 Å². The molecule has 1 aliphatic heterocycles. The van der Waals surface area contributed by atoms with Crippen molar-refractivity contribution < 1.29 is 23.4 Å². The van der Waals surface area contributed by atoms with Crippen LogP contribution in [0.25, 0.3) is 22.3 Å². The van der Waals surface area contributed by atoms with Crippen molar-refractivity contribution in [2.75, 3.05) is 25.6 Å². The molecule has 2 aromatic carbocycles. The standard InChI is InChI=1S/C22H23FN2O4/c1-24-21(26)19-16-11-14-5-3-4-10-25(22(27)28-2)17(14)12-18(16)29-20(19)13-6-8-15(23)9-7-13/h6-9,11-12,21,24,26H,3-5,10H2,1-2H3. The lowest BCUT2D eigenvalue weighted by atomic mass is 10.00. The van der Waals surface area contributed by atoms with Crippen LogP contribution in [0.5, 0.6) is 0 Å². The molecule has 2 heterocycles. The maximum atomic E-state index is 13.4. The fraction of sp³-hybridized carbons (Fsp3) is 0.318. The average Bonchev–Trinajstić information content (AvgIpc) is 2.97. The van der Waals surface area contributed by atoms with Gasteiger partial charge in [0.1, 0.15) is 23.4 Å². The number of hydrogen-bond donors (Lipinski definition) is 2. The van der Waals surface area contributed by atoms with Crippen LogP contribution >= 0.6 is 0 Å². The highest BCUT2D eigenvalue weighted by Crippen LogP contribution is 2.41. The maximum Gasteiger partial charge on any atom is 0.414 e. The lowest BCUT2D eigenvalue weighted by molar-refractivity contribution is 0.150. The maximum absolute atomic E-state index is 13.4. The summed E-state index contributed by atoms with van der Waals surface area (Å²) in [5.74, 6) is 0.118. The molecule has 6 nitrogen and oxygen atoms in total. The van der Waals surface area contributed by atoms with Crippen molar-refractivity contribution in [3.05, 3.63) is 53.3 Å². The Labute approximate surface area is 167 Å². The Hall–Kier alpha value is -2.90. The molecular weight excluding hydrogens is 375 g/mol. The number of nitrogens with one attached hydrogen (secondary N) is 1. The zero-order valence-corrected chi connectivity index (χ0v) is 16.4. The van der Waals surface area contributed by atoms with E-state index in [1.807, 2.05) is 12.1 Å². The molecule has 4 rings (SSSR count).